The van der Waals surface area contributed by atoms with Gasteiger partial charge in [-0.25, -0.2) is 4.79 Å². The lowest BCUT2D eigenvalue weighted by Crippen LogP contribution is -2.40. The number of aliphatic carboxylic acids is 1. The predicted octanol–water partition coefficient (Wildman–Crippen LogP) is 6.13. The number of hydrogen-bond donors (Lipinski definition) is 1. The molecular formula is C30H33NO5. The van der Waals surface area contributed by atoms with Crippen molar-refractivity contribution in [3.63, 3.8) is 0 Å². The first-order valence-electron chi connectivity index (χ1n) is 12.2. The molecule has 4 rings (SSSR count). The summed E-state index contributed by atoms with van der Waals surface area (Å²) in [5, 5.41) is 11.7. The van der Waals surface area contributed by atoms with Gasteiger partial charge in [0.2, 0.25) is 0 Å². The molecule has 0 fully saturated rings. The standard InChI is InChI=1S/C30H33NO5/c1-5-36-30(3,29(32)33)20-22-7-8-25-19-27(14-11-24(25)18-22)35-17-16-31-21(2)6-15-28(31)23-9-12-26(34-4)13-10-23/h6-15,18-19H,5,16-17,20H2,1-4H3,(H,32,33)/t30-/m1/s1. The maximum Gasteiger partial charge on any atom is 0.336 e. The molecule has 0 unspecified atom stereocenters. The van der Waals surface area contributed by atoms with Crippen molar-refractivity contribution in [2.75, 3.05) is 20.3 Å². The number of nitrogens with zero attached hydrogens (tertiary/aromatic N) is 1. The Morgan fingerprint density at radius 1 is 0.944 bits per heavy atom. The van der Waals surface area contributed by atoms with E-state index < -0.39 is 11.6 Å². The van der Waals surface area contributed by atoms with E-state index in [-0.39, 0.29) is 0 Å². The van der Waals surface area contributed by atoms with Gasteiger partial charge in [0.05, 0.1) is 13.7 Å². The predicted molar refractivity (Wildman–Crippen MR) is 142 cm³/mol. The quantitative estimate of drug-likeness (QED) is 0.276. The first-order chi connectivity index (χ1) is 17.3. The second kappa shape index (κ2) is 10.9. The Kier molecular flexibility index (Phi) is 7.65. The average Bonchev–Trinajstić information content (AvgIpc) is 3.24. The number of ether oxygens (including phenoxy) is 3. The van der Waals surface area contributed by atoms with Crippen molar-refractivity contribution in [2.24, 2.45) is 0 Å². The summed E-state index contributed by atoms with van der Waals surface area (Å²) in [6.07, 6.45) is 0.303. The Bertz CT molecular complexity index is 1340. The van der Waals surface area contributed by atoms with E-state index in [0.29, 0.717) is 19.6 Å². The SMILES string of the molecule is CCO[C@](C)(Cc1ccc2cc(OCCn3c(C)ccc3-c3ccc(OC)cc3)ccc2c1)C(=O)O. The molecule has 0 amide bonds. The van der Waals surface area contributed by atoms with Gasteiger partial charge in [-0.05, 0) is 91.2 Å². The van der Waals surface area contributed by atoms with Crippen LogP contribution in [0.1, 0.15) is 25.1 Å². The molecule has 1 atom stereocenters. The van der Waals surface area contributed by atoms with Crippen LogP contribution in [-0.2, 0) is 22.5 Å². The first-order valence-corrected chi connectivity index (χ1v) is 12.2. The topological polar surface area (TPSA) is 69.9 Å². The van der Waals surface area contributed by atoms with Gasteiger partial charge >= 0.3 is 5.97 Å². The summed E-state index contributed by atoms with van der Waals surface area (Å²) < 4.78 is 19.2. The molecule has 0 aliphatic heterocycles. The molecule has 188 valence electrons. The zero-order valence-electron chi connectivity index (χ0n) is 21.3. The van der Waals surface area contributed by atoms with Crippen LogP contribution in [0.3, 0.4) is 0 Å². The summed E-state index contributed by atoms with van der Waals surface area (Å²) in [5.74, 6) is 0.683. The summed E-state index contributed by atoms with van der Waals surface area (Å²) in [4.78, 5) is 11.7. The van der Waals surface area contributed by atoms with Crippen molar-refractivity contribution >= 4 is 16.7 Å². The molecule has 0 aliphatic rings. The van der Waals surface area contributed by atoms with E-state index in [1.807, 2.05) is 48.5 Å². The first kappa shape index (κ1) is 25.3. The van der Waals surface area contributed by atoms with Gasteiger partial charge in [0, 0.05) is 24.4 Å². The number of hydrogen-bond acceptors (Lipinski definition) is 4. The highest BCUT2D eigenvalue weighted by Gasteiger charge is 2.34. The van der Waals surface area contributed by atoms with Crippen LogP contribution in [0.2, 0.25) is 0 Å². The monoisotopic (exact) mass is 487 g/mol. The van der Waals surface area contributed by atoms with Crippen LogP contribution in [0.4, 0.5) is 0 Å². The summed E-state index contributed by atoms with van der Waals surface area (Å²) >= 11 is 0. The van der Waals surface area contributed by atoms with Crippen LogP contribution in [0.25, 0.3) is 22.0 Å². The number of methoxy groups -OCH3 is 1. The molecule has 36 heavy (non-hydrogen) atoms. The third-order valence-corrected chi connectivity index (χ3v) is 6.50. The highest BCUT2D eigenvalue weighted by molar-refractivity contribution is 5.85. The minimum atomic E-state index is -1.24. The fraction of sp³-hybridized carbons (Fsp3) is 0.300. The number of rotatable bonds is 11. The molecule has 3 aromatic carbocycles. The number of aryl methyl sites for hydroxylation is 1. The lowest BCUT2D eigenvalue weighted by molar-refractivity contribution is -0.162. The summed E-state index contributed by atoms with van der Waals surface area (Å²) in [6.45, 7) is 7.13. The molecule has 1 heterocycles. The Morgan fingerprint density at radius 3 is 2.33 bits per heavy atom. The van der Waals surface area contributed by atoms with Gasteiger partial charge in [-0.1, -0.05) is 24.3 Å². The number of carboxylic acid groups (broad SMARTS) is 1. The Morgan fingerprint density at radius 2 is 1.64 bits per heavy atom. The zero-order valence-corrected chi connectivity index (χ0v) is 21.3. The van der Waals surface area contributed by atoms with Gasteiger partial charge in [0.15, 0.2) is 5.60 Å². The van der Waals surface area contributed by atoms with Gasteiger partial charge in [-0.15, -0.1) is 0 Å². The second-order valence-electron chi connectivity index (χ2n) is 9.08. The smallest absolute Gasteiger partial charge is 0.336 e. The minimum absolute atomic E-state index is 0.303. The van der Waals surface area contributed by atoms with Crippen molar-refractivity contribution in [1.82, 2.24) is 4.57 Å². The number of fused-ring (bicyclic) bond motifs is 1. The Balaban J connectivity index is 1.43. The van der Waals surface area contributed by atoms with Crippen molar-refractivity contribution in [1.29, 1.82) is 0 Å². The van der Waals surface area contributed by atoms with E-state index in [0.717, 1.165) is 45.6 Å². The van der Waals surface area contributed by atoms with Crippen LogP contribution >= 0.6 is 0 Å². The van der Waals surface area contributed by atoms with E-state index in [2.05, 4.69) is 35.8 Å². The number of carboxylic acids is 1. The Labute approximate surface area is 212 Å². The highest BCUT2D eigenvalue weighted by atomic mass is 16.5. The maximum atomic E-state index is 11.7. The van der Waals surface area contributed by atoms with E-state index >= 15 is 0 Å². The zero-order chi connectivity index (χ0) is 25.7. The molecule has 0 aliphatic carbocycles. The molecule has 0 saturated carbocycles. The van der Waals surface area contributed by atoms with Gasteiger partial charge in [0.25, 0.3) is 0 Å². The molecule has 0 bridgehead atoms. The molecule has 0 radical (unpaired) electrons. The van der Waals surface area contributed by atoms with E-state index in [4.69, 9.17) is 14.2 Å². The maximum absolute atomic E-state index is 11.7. The molecule has 6 nitrogen and oxygen atoms in total. The lowest BCUT2D eigenvalue weighted by atomic mass is 9.94. The van der Waals surface area contributed by atoms with Crippen LogP contribution in [-0.4, -0.2) is 41.6 Å². The third-order valence-electron chi connectivity index (χ3n) is 6.50. The Hall–Kier alpha value is -3.77. The lowest BCUT2D eigenvalue weighted by Gasteiger charge is -2.24. The van der Waals surface area contributed by atoms with Crippen LogP contribution in [0.15, 0.2) is 72.8 Å². The minimum Gasteiger partial charge on any atom is -0.497 e. The van der Waals surface area contributed by atoms with E-state index in [1.54, 1.807) is 21.0 Å². The number of benzene rings is 3. The molecule has 6 heteroatoms. The molecular weight excluding hydrogens is 454 g/mol. The van der Waals surface area contributed by atoms with Crippen LogP contribution in [0, 0.1) is 6.92 Å². The van der Waals surface area contributed by atoms with Gasteiger partial charge in [-0.2, -0.15) is 0 Å². The fourth-order valence-corrected chi connectivity index (χ4v) is 4.50. The average molecular weight is 488 g/mol. The van der Waals surface area contributed by atoms with Crippen molar-refractivity contribution < 1.29 is 24.1 Å². The molecule has 0 spiro atoms. The highest BCUT2D eigenvalue weighted by Crippen LogP contribution is 2.27. The van der Waals surface area contributed by atoms with Crippen molar-refractivity contribution in [3.05, 3.63) is 84.1 Å². The largest absolute Gasteiger partial charge is 0.497 e. The fourth-order valence-electron chi connectivity index (χ4n) is 4.50. The van der Waals surface area contributed by atoms with Crippen molar-refractivity contribution in [3.8, 4) is 22.8 Å². The normalized spacial score (nSPS) is 12.9. The van der Waals surface area contributed by atoms with Gasteiger partial charge in [-0.3, -0.25) is 0 Å². The van der Waals surface area contributed by atoms with Crippen molar-refractivity contribution in [2.45, 2.75) is 39.3 Å². The summed E-state index contributed by atoms with van der Waals surface area (Å²) in [7, 11) is 1.67. The molecule has 4 aromatic rings. The number of carbonyl (C=O) groups is 1. The molecule has 1 aromatic heterocycles. The summed E-state index contributed by atoms with van der Waals surface area (Å²) in [6, 6.07) is 24.3. The van der Waals surface area contributed by atoms with Crippen LogP contribution in [0.5, 0.6) is 11.5 Å². The van der Waals surface area contributed by atoms with Crippen LogP contribution < -0.4 is 9.47 Å². The van der Waals surface area contributed by atoms with Gasteiger partial charge < -0.3 is 23.9 Å². The molecule has 1 N–H and O–H groups in total. The third kappa shape index (κ3) is 5.55. The second-order valence-corrected chi connectivity index (χ2v) is 9.08. The molecule has 0 saturated heterocycles. The summed E-state index contributed by atoms with van der Waals surface area (Å²) in [5.41, 5.74) is 3.13. The number of aromatic nitrogens is 1. The van der Waals surface area contributed by atoms with Gasteiger partial charge in [0.1, 0.15) is 18.1 Å². The van der Waals surface area contributed by atoms with E-state index in [9.17, 15) is 9.90 Å². The van der Waals surface area contributed by atoms with E-state index in [1.165, 1.54) is 5.69 Å².